The lowest BCUT2D eigenvalue weighted by Gasteiger charge is -2.49. The van der Waals surface area contributed by atoms with Crippen LogP contribution >= 0.6 is 0 Å². The number of phenolic OH excluding ortho intramolecular Hbond substituents is 1. The lowest BCUT2D eigenvalue weighted by molar-refractivity contribution is -0.141. The molecule has 0 heterocycles. The monoisotopic (exact) mass is 640 g/mol. The van der Waals surface area contributed by atoms with E-state index < -0.39 is 43.9 Å². The van der Waals surface area contributed by atoms with Gasteiger partial charge in [0.1, 0.15) is 5.75 Å². The van der Waals surface area contributed by atoms with Crippen molar-refractivity contribution >= 4 is 27.8 Å². The number of carbonyl (C=O) groups is 1. The Labute approximate surface area is 269 Å². The van der Waals surface area contributed by atoms with Crippen molar-refractivity contribution in [1.82, 2.24) is 0 Å². The Hall–Kier alpha value is -1.21. The largest absolute Gasteiger partial charge is 0.508 e. The van der Waals surface area contributed by atoms with Gasteiger partial charge >= 0.3 is 5.97 Å². The zero-order valence-electron chi connectivity index (χ0n) is 29.0. The van der Waals surface area contributed by atoms with Crippen molar-refractivity contribution in [3.63, 3.8) is 0 Å². The first-order valence-corrected chi connectivity index (χ1v) is 19.6. The van der Waals surface area contributed by atoms with E-state index >= 15 is 0 Å². The highest BCUT2D eigenvalue weighted by atomic mass is 32.2. The molecule has 43 heavy (non-hydrogen) atoms. The maximum atomic E-state index is 14.8. The van der Waals surface area contributed by atoms with Gasteiger partial charge in [-0.25, -0.2) is 4.21 Å². The summed E-state index contributed by atoms with van der Waals surface area (Å²) in [5, 5.41) is 10.8. The molecule has 0 aliphatic rings. The first kappa shape index (κ1) is 39.8. The van der Waals surface area contributed by atoms with Crippen LogP contribution in [0.4, 0.5) is 0 Å². The number of carbonyl (C=O) groups excluding carboxylic acids is 1. The predicted octanol–water partition coefficient (Wildman–Crippen LogP) is 10.0. The molecule has 0 aromatic heterocycles. The topological polar surface area (TPSA) is 80.7 Å². The second kappa shape index (κ2) is 19.3. The maximum Gasteiger partial charge on any atom is 0.324 e. The highest BCUT2D eigenvalue weighted by Gasteiger charge is 2.57. The summed E-state index contributed by atoms with van der Waals surface area (Å²) < 4.78 is 32.4. The van der Waals surface area contributed by atoms with E-state index in [0.29, 0.717) is 24.3 Å². The molecule has 0 aliphatic heterocycles. The van der Waals surface area contributed by atoms with Crippen molar-refractivity contribution < 1.29 is 22.5 Å². The number of phenols is 1. The number of aromatic hydroxyl groups is 1. The standard InChI is InChI=1S/C36H64O5S2/c1-10-13-15-17-19-21-26-42(39)36(35(7,8)9,29-24-25-32(37)31(28-29)34(4,5)6)30(23-12-3)33(38)41-43(40)27-22-20-18-16-14-11-2/h24-25,28,30,37H,10-23,26-27H2,1-9H3. The van der Waals surface area contributed by atoms with Crippen LogP contribution in [0.2, 0.25) is 0 Å². The quantitative estimate of drug-likeness (QED) is 0.135. The van der Waals surface area contributed by atoms with E-state index in [4.69, 9.17) is 4.18 Å². The number of hydrogen-bond acceptors (Lipinski definition) is 5. The van der Waals surface area contributed by atoms with Crippen molar-refractivity contribution in [2.45, 2.75) is 162 Å². The molecule has 0 saturated heterocycles. The van der Waals surface area contributed by atoms with Crippen LogP contribution in [-0.2, 0) is 41.0 Å². The SMILES string of the molecule is CCCCCCCCS(=O)OC(=O)C(CCC)C(c1ccc(O)c(C(C)(C)C)c1)(S(=O)CCCCCCCC)C(C)(C)C. The molecule has 250 valence electrons. The highest BCUT2D eigenvalue weighted by molar-refractivity contribution is 7.86. The van der Waals surface area contributed by atoms with Gasteiger partial charge in [-0.1, -0.05) is 145 Å². The smallest absolute Gasteiger partial charge is 0.324 e. The Morgan fingerprint density at radius 1 is 0.767 bits per heavy atom. The van der Waals surface area contributed by atoms with E-state index in [2.05, 4.69) is 34.6 Å². The lowest BCUT2D eigenvalue weighted by Crippen LogP contribution is -2.54. The van der Waals surface area contributed by atoms with Gasteiger partial charge in [0, 0.05) is 16.6 Å². The number of hydrogen-bond donors (Lipinski definition) is 1. The fourth-order valence-corrected chi connectivity index (χ4v) is 9.51. The van der Waals surface area contributed by atoms with Crippen LogP contribution in [0.3, 0.4) is 0 Å². The summed E-state index contributed by atoms with van der Waals surface area (Å²) in [6.07, 6.45) is 14.0. The van der Waals surface area contributed by atoms with Crippen molar-refractivity contribution in [3.05, 3.63) is 29.3 Å². The zero-order chi connectivity index (χ0) is 32.7. The fourth-order valence-electron chi connectivity index (χ4n) is 6.30. The minimum Gasteiger partial charge on any atom is -0.508 e. The van der Waals surface area contributed by atoms with Crippen molar-refractivity contribution in [1.29, 1.82) is 0 Å². The van der Waals surface area contributed by atoms with Crippen LogP contribution in [0.15, 0.2) is 18.2 Å². The fraction of sp³-hybridized carbons (Fsp3) is 0.806. The van der Waals surface area contributed by atoms with E-state index in [0.717, 1.165) is 49.7 Å². The Kier molecular flexibility index (Phi) is 17.9. The average molecular weight is 641 g/mol. The molecule has 0 bridgehead atoms. The minimum atomic E-state index is -1.73. The summed E-state index contributed by atoms with van der Waals surface area (Å²) in [6, 6.07) is 5.49. The summed E-state index contributed by atoms with van der Waals surface area (Å²) in [5.41, 5.74) is 0.574. The van der Waals surface area contributed by atoms with Crippen molar-refractivity contribution in [2.24, 2.45) is 11.3 Å². The van der Waals surface area contributed by atoms with Gasteiger partial charge in [0.05, 0.1) is 16.4 Å². The molecule has 0 spiro atoms. The van der Waals surface area contributed by atoms with Gasteiger partial charge in [0.25, 0.3) is 0 Å². The molecule has 5 nitrogen and oxygen atoms in total. The van der Waals surface area contributed by atoms with Gasteiger partial charge in [0.2, 0.25) is 11.1 Å². The molecular formula is C36H64O5S2. The Morgan fingerprint density at radius 2 is 1.28 bits per heavy atom. The maximum absolute atomic E-state index is 14.8. The van der Waals surface area contributed by atoms with Crippen LogP contribution in [0.25, 0.3) is 0 Å². The normalized spacial score (nSPS) is 15.9. The van der Waals surface area contributed by atoms with E-state index in [9.17, 15) is 18.3 Å². The first-order chi connectivity index (χ1) is 20.2. The molecule has 1 aromatic rings. The summed E-state index contributed by atoms with van der Waals surface area (Å²) in [4.78, 5) is 14.1. The van der Waals surface area contributed by atoms with Gasteiger partial charge in [0.15, 0.2) is 0 Å². The molecular weight excluding hydrogens is 577 g/mol. The summed E-state index contributed by atoms with van der Waals surface area (Å²) in [7, 11) is -1.44. The van der Waals surface area contributed by atoms with Gasteiger partial charge in [-0.15, -0.1) is 0 Å². The van der Waals surface area contributed by atoms with E-state index in [1.165, 1.54) is 38.5 Å². The van der Waals surface area contributed by atoms with Gasteiger partial charge in [-0.05, 0) is 47.3 Å². The lowest BCUT2D eigenvalue weighted by atomic mass is 9.66. The molecule has 0 fully saturated rings. The molecule has 0 aliphatic carbocycles. The molecule has 0 saturated carbocycles. The number of rotatable bonds is 21. The minimum absolute atomic E-state index is 0.190. The Balaban J connectivity index is 3.56. The van der Waals surface area contributed by atoms with Crippen molar-refractivity contribution in [2.75, 3.05) is 11.5 Å². The third-order valence-electron chi connectivity index (χ3n) is 8.58. The molecule has 0 radical (unpaired) electrons. The molecule has 1 rings (SSSR count). The Bertz CT molecular complexity index is 1010. The van der Waals surface area contributed by atoms with Crippen LogP contribution in [0.5, 0.6) is 5.75 Å². The zero-order valence-corrected chi connectivity index (χ0v) is 30.7. The van der Waals surface area contributed by atoms with Gasteiger partial charge in [-0.2, -0.15) is 0 Å². The molecule has 0 amide bonds. The predicted molar refractivity (Wildman–Crippen MR) is 185 cm³/mol. The van der Waals surface area contributed by atoms with E-state index in [1.54, 1.807) is 6.07 Å². The molecule has 1 N–H and O–H groups in total. The number of benzene rings is 1. The van der Waals surface area contributed by atoms with Crippen LogP contribution < -0.4 is 0 Å². The van der Waals surface area contributed by atoms with Crippen molar-refractivity contribution in [3.8, 4) is 5.75 Å². The number of unbranched alkanes of at least 4 members (excludes halogenated alkanes) is 10. The molecule has 7 heteroatoms. The third-order valence-corrected chi connectivity index (χ3v) is 12.1. The molecule has 4 atom stereocenters. The Morgan fingerprint density at radius 3 is 1.77 bits per heavy atom. The van der Waals surface area contributed by atoms with E-state index in [-0.39, 0.29) is 11.2 Å². The van der Waals surface area contributed by atoms with Crippen LogP contribution in [0.1, 0.15) is 163 Å². The summed E-state index contributed by atoms with van der Waals surface area (Å²) in [5.74, 6) is -0.279. The average Bonchev–Trinajstić information content (AvgIpc) is 2.91. The van der Waals surface area contributed by atoms with Gasteiger partial charge < -0.3 is 9.29 Å². The van der Waals surface area contributed by atoms with Gasteiger partial charge in [-0.3, -0.25) is 9.00 Å². The summed E-state index contributed by atoms with van der Waals surface area (Å²) in [6.45, 7) is 18.7. The van der Waals surface area contributed by atoms with Crippen LogP contribution in [0, 0.1) is 11.3 Å². The van der Waals surface area contributed by atoms with E-state index in [1.807, 2.05) is 39.8 Å². The van der Waals surface area contributed by atoms with Crippen LogP contribution in [-0.4, -0.2) is 31.0 Å². The molecule has 1 aromatic carbocycles. The third kappa shape index (κ3) is 11.9. The molecule has 4 unspecified atom stereocenters. The second-order valence-corrected chi connectivity index (χ2v) is 17.2. The second-order valence-electron chi connectivity index (χ2n) is 14.3. The highest BCUT2D eigenvalue weighted by Crippen LogP contribution is 2.53. The first-order valence-electron chi connectivity index (χ1n) is 17.0. The summed E-state index contributed by atoms with van der Waals surface area (Å²) >= 11 is -1.73.